The predicted octanol–water partition coefficient (Wildman–Crippen LogP) is 0.451. The van der Waals surface area contributed by atoms with Gasteiger partial charge in [0.25, 0.3) is 0 Å². The van der Waals surface area contributed by atoms with E-state index >= 15 is 0 Å². The van der Waals surface area contributed by atoms with Crippen LogP contribution in [0.1, 0.15) is 11.1 Å². The molecule has 1 aromatic rings. The Hall–Kier alpha value is -1.76. The molecule has 0 saturated heterocycles. The summed E-state index contributed by atoms with van der Waals surface area (Å²) in [6, 6.07) is 5.01. The molecule has 1 aromatic carbocycles. The number of carbonyl (C=O) groups excluding carboxylic acids is 1. The summed E-state index contributed by atoms with van der Waals surface area (Å²) in [5.74, 6) is -0.0933. The van der Waals surface area contributed by atoms with Crippen molar-refractivity contribution in [1.82, 2.24) is 0 Å². The SMILES string of the molecule is CS(=O)(=O)Cc1cc(N)ccc1CCOC(N)=O. The van der Waals surface area contributed by atoms with E-state index in [1.165, 1.54) is 0 Å². The van der Waals surface area contributed by atoms with Gasteiger partial charge in [0.2, 0.25) is 0 Å². The van der Waals surface area contributed by atoms with Crippen molar-refractivity contribution in [3.63, 3.8) is 0 Å². The topological polar surface area (TPSA) is 112 Å². The van der Waals surface area contributed by atoms with Crippen molar-refractivity contribution in [2.75, 3.05) is 18.6 Å². The minimum absolute atomic E-state index is 0.0933. The molecular formula is C11H16N2O4S. The Morgan fingerprint density at radius 3 is 2.56 bits per heavy atom. The van der Waals surface area contributed by atoms with Gasteiger partial charge in [0, 0.05) is 18.4 Å². The van der Waals surface area contributed by atoms with Crippen molar-refractivity contribution >= 4 is 21.6 Å². The molecule has 100 valence electrons. The Morgan fingerprint density at radius 1 is 1.33 bits per heavy atom. The Labute approximate surface area is 106 Å². The number of sulfone groups is 1. The number of nitrogens with two attached hydrogens (primary N) is 2. The number of hydrogen-bond donors (Lipinski definition) is 2. The minimum Gasteiger partial charge on any atom is -0.449 e. The third kappa shape index (κ3) is 5.05. The van der Waals surface area contributed by atoms with E-state index in [1.807, 2.05) is 0 Å². The quantitative estimate of drug-likeness (QED) is 0.756. The second kappa shape index (κ2) is 5.72. The Morgan fingerprint density at radius 2 is 2.00 bits per heavy atom. The highest BCUT2D eigenvalue weighted by Gasteiger charge is 2.10. The smallest absolute Gasteiger partial charge is 0.404 e. The van der Waals surface area contributed by atoms with Crippen LogP contribution in [0, 0.1) is 0 Å². The van der Waals surface area contributed by atoms with Gasteiger partial charge in [0.15, 0.2) is 9.84 Å². The second-order valence-electron chi connectivity index (χ2n) is 4.02. The van der Waals surface area contributed by atoms with Gasteiger partial charge in [-0.2, -0.15) is 0 Å². The van der Waals surface area contributed by atoms with Gasteiger partial charge >= 0.3 is 6.09 Å². The number of hydrogen-bond acceptors (Lipinski definition) is 5. The lowest BCUT2D eigenvalue weighted by Crippen LogP contribution is -2.15. The zero-order valence-corrected chi connectivity index (χ0v) is 10.9. The maximum atomic E-state index is 11.3. The molecule has 0 aromatic heterocycles. The molecule has 0 unspecified atom stereocenters. The molecule has 7 heteroatoms. The van der Waals surface area contributed by atoms with E-state index in [0.717, 1.165) is 11.8 Å². The third-order valence-electron chi connectivity index (χ3n) is 2.26. The Kier molecular flexibility index (Phi) is 4.55. The van der Waals surface area contributed by atoms with E-state index in [0.29, 0.717) is 17.7 Å². The standard InChI is InChI=1S/C11H16N2O4S/c1-18(15,16)7-9-6-10(12)3-2-8(9)4-5-17-11(13)14/h2-3,6H,4-5,7,12H2,1H3,(H2,13,14). The molecule has 1 amide bonds. The number of carbonyl (C=O) groups is 1. The summed E-state index contributed by atoms with van der Waals surface area (Å²) in [6.07, 6.45) is 0.698. The predicted molar refractivity (Wildman–Crippen MR) is 68.6 cm³/mol. The lowest BCUT2D eigenvalue weighted by atomic mass is 10.1. The van der Waals surface area contributed by atoms with Gasteiger partial charge in [0.1, 0.15) is 0 Å². The van der Waals surface area contributed by atoms with E-state index in [9.17, 15) is 13.2 Å². The Balaban J connectivity index is 2.86. The fourth-order valence-electron chi connectivity index (χ4n) is 1.57. The van der Waals surface area contributed by atoms with Crippen molar-refractivity contribution in [3.05, 3.63) is 29.3 Å². The molecular weight excluding hydrogens is 256 g/mol. The van der Waals surface area contributed by atoms with Crippen LogP contribution in [0.15, 0.2) is 18.2 Å². The average Bonchev–Trinajstić information content (AvgIpc) is 2.18. The maximum absolute atomic E-state index is 11.3. The first-order valence-electron chi connectivity index (χ1n) is 5.25. The third-order valence-corrected chi connectivity index (χ3v) is 3.10. The summed E-state index contributed by atoms with van der Waals surface area (Å²) in [7, 11) is -3.15. The van der Waals surface area contributed by atoms with Crippen LogP contribution < -0.4 is 11.5 Å². The van der Waals surface area contributed by atoms with Crippen LogP contribution in [0.2, 0.25) is 0 Å². The van der Waals surface area contributed by atoms with Gasteiger partial charge in [-0.3, -0.25) is 0 Å². The molecule has 0 aliphatic heterocycles. The Bertz CT molecular complexity index is 540. The number of ether oxygens (including phenoxy) is 1. The largest absolute Gasteiger partial charge is 0.449 e. The molecule has 0 aliphatic carbocycles. The first kappa shape index (κ1) is 14.3. The molecule has 18 heavy (non-hydrogen) atoms. The normalized spacial score (nSPS) is 11.2. The van der Waals surface area contributed by atoms with Crippen molar-refractivity contribution in [1.29, 1.82) is 0 Å². The lowest BCUT2D eigenvalue weighted by Gasteiger charge is -2.09. The number of benzene rings is 1. The summed E-state index contributed by atoms with van der Waals surface area (Å²) in [6.45, 7) is 0.107. The first-order valence-corrected chi connectivity index (χ1v) is 7.31. The van der Waals surface area contributed by atoms with E-state index in [4.69, 9.17) is 11.5 Å². The maximum Gasteiger partial charge on any atom is 0.404 e. The van der Waals surface area contributed by atoms with Crippen LogP contribution in [0.25, 0.3) is 0 Å². The van der Waals surface area contributed by atoms with E-state index in [2.05, 4.69) is 4.74 Å². The molecule has 0 spiro atoms. The molecule has 6 nitrogen and oxygen atoms in total. The molecule has 0 heterocycles. The van der Waals surface area contributed by atoms with Gasteiger partial charge in [0.05, 0.1) is 12.4 Å². The summed E-state index contributed by atoms with van der Waals surface area (Å²) in [5, 5.41) is 0. The molecule has 0 bridgehead atoms. The molecule has 4 N–H and O–H groups in total. The zero-order chi connectivity index (χ0) is 13.8. The lowest BCUT2D eigenvalue weighted by molar-refractivity contribution is 0.158. The average molecular weight is 272 g/mol. The number of anilines is 1. The summed E-state index contributed by atoms with van der Waals surface area (Å²) >= 11 is 0. The van der Waals surface area contributed by atoms with E-state index in [1.54, 1.807) is 18.2 Å². The monoisotopic (exact) mass is 272 g/mol. The van der Waals surface area contributed by atoms with Gasteiger partial charge in [-0.15, -0.1) is 0 Å². The molecule has 0 aliphatic rings. The molecule has 0 atom stereocenters. The second-order valence-corrected chi connectivity index (χ2v) is 6.16. The van der Waals surface area contributed by atoms with Gasteiger partial charge < -0.3 is 16.2 Å². The van der Waals surface area contributed by atoms with E-state index in [-0.39, 0.29) is 12.4 Å². The van der Waals surface area contributed by atoms with Gasteiger partial charge in [-0.05, 0) is 23.3 Å². The summed E-state index contributed by atoms with van der Waals surface area (Å²) in [5.41, 5.74) is 12.4. The number of nitrogen functional groups attached to an aromatic ring is 1. The summed E-state index contributed by atoms with van der Waals surface area (Å²) in [4.78, 5) is 10.4. The van der Waals surface area contributed by atoms with Crippen molar-refractivity contribution in [3.8, 4) is 0 Å². The fraction of sp³-hybridized carbons (Fsp3) is 0.364. The minimum atomic E-state index is -3.15. The zero-order valence-electron chi connectivity index (χ0n) is 10.0. The molecule has 0 fully saturated rings. The fourth-order valence-corrected chi connectivity index (χ4v) is 2.40. The highest BCUT2D eigenvalue weighted by atomic mass is 32.2. The van der Waals surface area contributed by atoms with Crippen LogP contribution in [0.3, 0.4) is 0 Å². The van der Waals surface area contributed by atoms with E-state index < -0.39 is 15.9 Å². The van der Waals surface area contributed by atoms with Crippen molar-refractivity contribution < 1.29 is 17.9 Å². The van der Waals surface area contributed by atoms with Crippen LogP contribution in [-0.2, 0) is 26.7 Å². The molecule has 0 radical (unpaired) electrons. The van der Waals surface area contributed by atoms with Crippen LogP contribution in [-0.4, -0.2) is 27.4 Å². The van der Waals surface area contributed by atoms with Crippen molar-refractivity contribution in [2.45, 2.75) is 12.2 Å². The van der Waals surface area contributed by atoms with Crippen LogP contribution >= 0.6 is 0 Å². The van der Waals surface area contributed by atoms with Gasteiger partial charge in [-0.1, -0.05) is 6.07 Å². The number of primary amides is 1. The first-order chi connectivity index (χ1) is 8.28. The summed E-state index contributed by atoms with van der Waals surface area (Å²) < 4.78 is 27.2. The number of rotatable bonds is 5. The number of amides is 1. The van der Waals surface area contributed by atoms with Crippen molar-refractivity contribution in [2.24, 2.45) is 5.73 Å². The molecule has 0 saturated carbocycles. The molecule has 1 rings (SSSR count). The van der Waals surface area contributed by atoms with Crippen LogP contribution in [0.5, 0.6) is 0 Å². The highest BCUT2D eigenvalue weighted by molar-refractivity contribution is 7.89. The van der Waals surface area contributed by atoms with Gasteiger partial charge in [-0.25, -0.2) is 13.2 Å². The van der Waals surface area contributed by atoms with Crippen LogP contribution in [0.4, 0.5) is 10.5 Å². The highest BCUT2D eigenvalue weighted by Crippen LogP contribution is 2.17.